The molecule has 0 spiro atoms. The fourth-order valence-corrected chi connectivity index (χ4v) is 5.76. The van der Waals surface area contributed by atoms with Gasteiger partial charge in [-0.25, -0.2) is 0 Å². The molecular weight excluding hydrogens is 358 g/mol. The minimum absolute atomic E-state index is 0.0219. The summed E-state index contributed by atoms with van der Waals surface area (Å²) in [5.41, 5.74) is 9.38. The molecule has 2 aromatic heterocycles. The molecular formula is C26H25NS. The van der Waals surface area contributed by atoms with E-state index in [1.54, 1.807) is 0 Å². The van der Waals surface area contributed by atoms with Gasteiger partial charge in [0.25, 0.3) is 0 Å². The molecule has 2 heteroatoms. The van der Waals surface area contributed by atoms with Crippen molar-refractivity contribution in [2.75, 3.05) is 0 Å². The third-order valence-electron chi connectivity index (χ3n) is 6.05. The van der Waals surface area contributed by atoms with Crippen molar-refractivity contribution < 1.29 is 0 Å². The number of fused-ring (bicyclic) bond motifs is 4. The maximum Gasteiger partial charge on any atom is 0.0880 e. The summed E-state index contributed by atoms with van der Waals surface area (Å²) in [4.78, 5) is 4.80. The van der Waals surface area contributed by atoms with Crippen LogP contribution in [0.3, 0.4) is 0 Å². The van der Waals surface area contributed by atoms with Gasteiger partial charge in [0, 0.05) is 17.2 Å². The quantitative estimate of drug-likeness (QED) is 0.357. The van der Waals surface area contributed by atoms with Crippen LogP contribution in [0.5, 0.6) is 0 Å². The summed E-state index contributed by atoms with van der Waals surface area (Å²) >= 11 is 1.84. The molecule has 5 rings (SSSR count). The first-order chi connectivity index (χ1) is 13.5. The van der Waals surface area contributed by atoms with Crippen LogP contribution in [0.25, 0.3) is 32.5 Å². The summed E-state index contributed by atoms with van der Waals surface area (Å²) in [5.74, 6) is 0.661. The van der Waals surface area contributed by atoms with Gasteiger partial charge in [0.1, 0.15) is 0 Å². The molecule has 2 heterocycles. The molecule has 0 saturated heterocycles. The number of rotatable bonds is 3. The minimum Gasteiger partial charge on any atom is -0.255 e. The van der Waals surface area contributed by atoms with Gasteiger partial charge in [0.15, 0.2) is 0 Å². The SMILES string of the molecule is CC(C)Cc1csc2c(-c3ccc4c(c3)C(C)(C)c3ccccc3-4)nccc12. The molecule has 0 atom stereocenters. The smallest absolute Gasteiger partial charge is 0.0880 e. The zero-order valence-electron chi connectivity index (χ0n) is 16.9. The highest BCUT2D eigenvalue weighted by Crippen LogP contribution is 2.49. The largest absolute Gasteiger partial charge is 0.255 e. The van der Waals surface area contributed by atoms with E-state index in [2.05, 4.69) is 81.6 Å². The normalized spacial score (nSPS) is 14.5. The maximum absolute atomic E-state index is 4.80. The zero-order chi connectivity index (χ0) is 19.5. The lowest BCUT2D eigenvalue weighted by molar-refractivity contribution is 0.651. The summed E-state index contributed by atoms with van der Waals surface area (Å²) in [7, 11) is 0. The van der Waals surface area contributed by atoms with Crippen molar-refractivity contribution in [1.82, 2.24) is 4.98 Å². The number of hydrogen-bond donors (Lipinski definition) is 0. The molecule has 0 saturated carbocycles. The molecule has 1 nitrogen and oxygen atoms in total. The Bertz CT molecular complexity index is 1200. The van der Waals surface area contributed by atoms with E-state index in [0.717, 1.165) is 12.1 Å². The van der Waals surface area contributed by atoms with Crippen molar-refractivity contribution in [3.05, 3.63) is 76.8 Å². The van der Waals surface area contributed by atoms with Crippen LogP contribution in [0.4, 0.5) is 0 Å². The standard InChI is InChI=1S/C26H25NS/c1-16(2)13-18-15-28-25-19(18)11-12-27-24(25)17-9-10-21-20-7-5-6-8-22(20)26(3,4)23(21)14-17/h5-12,14-16H,13H2,1-4H3. The van der Waals surface area contributed by atoms with E-state index in [1.165, 1.54) is 43.5 Å². The third-order valence-corrected chi connectivity index (χ3v) is 7.11. The van der Waals surface area contributed by atoms with Crippen LogP contribution in [0.1, 0.15) is 44.4 Å². The van der Waals surface area contributed by atoms with Crippen LogP contribution < -0.4 is 0 Å². The molecule has 0 unspecified atom stereocenters. The van der Waals surface area contributed by atoms with Crippen molar-refractivity contribution in [2.24, 2.45) is 5.92 Å². The Balaban J connectivity index is 1.67. The third kappa shape index (κ3) is 2.55. The first-order valence-electron chi connectivity index (χ1n) is 10.1. The predicted molar refractivity (Wildman–Crippen MR) is 121 cm³/mol. The molecule has 140 valence electrons. The molecule has 0 bridgehead atoms. The summed E-state index contributed by atoms with van der Waals surface area (Å²) in [6.07, 6.45) is 3.09. The van der Waals surface area contributed by atoms with Crippen molar-refractivity contribution in [1.29, 1.82) is 0 Å². The summed E-state index contributed by atoms with van der Waals surface area (Å²) in [6.45, 7) is 9.24. The van der Waals surface area contributed by atoms with Gasteiger partial charge in [-0.15, -0.1) is 11.3 Å². The molecule has 0 N–H and O–H groups in total. The number of thiophene rings is 1. The van der Waals surface area contributed by atoms with Crippen LogP contribution in [-0.4, -0.2) is 4.98 Å². The predicted octanol–water partition coefficient (Wildman–Crippen LogP) is 7.47. The number of benzene rings is 2. The summed E-state index contributed by atoms with van der Waals surface area (Å²) in [5, 5.41) is 3.69. The van der Waals surface area contributed by atoms with Gasteiger partial charge in [-0.2, -0.15) is 0 Å². The Morgan fingerprint density at radius 3 is 2.57 bits per heavy atom. The van der Waals surface area contributed by atoms with E-state index in [9.17, 15) is 0 Å². The fourth-order valence-electron chi connectivity index (χ4n) is 4.67. The minimum atomic E-state index is 0.0219. The monoisotopic (exact) mass is 383 g/mol. The van der Waals surface area contributed by atoms with Crippen LogP contribution >= 0.6 is 11.3 Å². The van der Waals surface area contributed by atoms with Crippen molar-refractivity contribution in [2.45, 2.75) is 39.5 Å². The Labute approximate surface area is 171 Å². The molecule has 1 aliphatic rings. The van der Waals surface area contributed by atoms with Crippen LogP contribution in [0.15, 0.2) is 60.1 Å². The lowest BCUT2D eigenvalue weighted by Gasteiger charge is -2.21. The number of aromatic nitrogens is 1. The van der Waals surface area contributed by atoms with Crippen LogP contribution in [0, 0.1) is 5.92 Å². The second kappa shape index (κ2) is 6.28. The van der Waals surface area contributed by atoms with E-state index in [1.807, 2.05) is 17.5 Å². The topological polar surface area (TPSA) is 12.9 Å². The number of hydrogen-bond acceptors (Lipinski definition) is 2. The van der Waals surface area contributed by atoms with E-state index < -0.39 is 0 Å². The van der Waals surface area contributed by atoms with Crippen molar-refractivity contribution >= 4 is 21.4 Å². The highest BCUT2D eigenvalue weighted by Gasteiger charge is 2.35. The Morgan fingerprint density at radius 1 is 0.964 bits per heavy atom. The van der Waals surface area contributed by atoms with E-state index in [4.69, 9.17) is 4.98 Å². The van der Waals surface area contributed by atoms with Crippen molar-refractivity contribution in [3.63, 3.8) is 0 Å². The number of nitrogens with zero attached hydrogens (tertiary/aromatic N) is 1. The van der Waals surface area contributed by atoms with Crippen LogP contribution in [0.2, 0.25) is 0 Å². The molecule has 0 fully saturated rings. The van der Waals surface area contributed by atoms with Gasteiger partial charge in [-0.3, -0.25) is 4.98 Å². The average molecular weight is 384 g/mol. The molecule has 2 aromatic carbocycles. The first-order valence-corrected chi connectivity index (χ1v) is 10.9. The van der Waals surface area contributed by atoms with E-state index >= 15 is 0 Å². The second-order valence-corrected chi connectivity index (χ2v) is 9.71. The average Bonchev–Trinajstić information content (AvgIpc) is 3.19. The molecule has 0 radical (unpaired) electrons. The zero-order valence-corrected chi connectivity index (χ0v) is 17.7. The second-order valence-electron chi connectivity index (χ2n) is 8.83. The van der Waals surface area contributed by atoms with E-state index in [-0.39, 0.29) is 5.41 Å². The van der Waals surface area contributed by atoms with Gasteiger partial charge in [-0.1, -0.05) is 64.1 Å². The number of pyridine rings is 1. The molecule has 0 amide bonds. The maximum atomic E-state index is 4.80. The Kier molecular flexibility index (Phi) is 3.96. The fraction of sp³-hybridized carbons (Fsp3) is 0.269. The molecule has 4 aromatic rings. The summed E-state index contributed by atoms with van der Waals surface area (Å²) in [6, 6.07) is 17.9. The van der Waals surface area contributed by atoms with E-state index in [0.29, 0.717) is 5.92 Å². The van der Waals surface area contributed by atoms with Gasteiger partial charge >= 0.3 is 0 Å². The first kappa shape index (κ1) is 17.6. The highest BCUT2D eigenvalue weighted by molar-refractivity contribution is 7.18. The van der Waals surface area contributed by atoms with Gasteiger partial charge in [0.2, 0.25) is 0 Å². The van der Waals surface area contributed by atoms with Gasteiger partial charge in [0.05, 0.1) is 10.4 Å². The lowest BCUT2D eigenvalue weighted by atomic mass is 9.82. The molecule has 1 aliphatic carbocycles. The Morgan fingerprint density at radius 2 is 1.75 bits per heavy atom. The van der Waals surface area contributed by atoms with Gasteiger partial charge < -0.3 is 0 Å². The lowest BCUT2D eigenvalue weighted by Crippen LogP contribution is -2.14. The molecule has 28 heavy (non-hydrogen) atoms. The molecule has 0 aliphatic heterocycles. The highest BCUT2D eigenvalue weighted by atomic mass is 32.1. The Hall–Kier alpha value is -2.45. The van der Waals surface area contributed by atoms with Crippen molar-refractivity contribution in [3.8, 4) is 22.4 Å². The van der Waals surface area contributed by atoms with Gasteiger partial charge in [-0.05, 0) is 63.1 Å². The summed E-state index contributed by atoms with van der Waals surface area (Å²) < 4.78 is 1.31. The van der Waals surface area contributed by atoms with Crippen LogP contribution in [-0.2, 0) is 11.8 Å².